The fourth-order valence-corrected chi connectivity index (χ4v) is 5.74. The van der Waals surface area contributed by atoms with E-state index in [1.807, 2.05) is 38.1 Å². The lowest BCUT2D eigenvalue weighted by molar-refractivity contribution is 0.0839. The van der Waals surface area contributed by atoms with Crippen LogP contribution in [0.25, 0.3) is 10.9 Å². The van der Waals surface area contributed by atoms with Crippen molar-refractivity contribution in [2.75, 3.05) is 13.2 Å². The molecule has 1 aromatic heterocycles. The van der Waals surface area contributed by atoms with Crippen molar-refractivity contribution in [2.24, 2.45) is 0 Å². The first kappa shape index (κ1) is 23.0. The van der Waals surface area contributed by atoms with Crippen LogP contribution < -0.4 is 10.9 Å². The maximum absolute atomic E-state index is 13.2. The summed E-state index contributed by atoms with van der Waals surface area (Å²) in [7, 11) is 0. The molecule has 2 N–H and O–H groups in total. The molecule has 4 rings (SSSR count). The van der Waals surface area contributed by atoms with Crippen molar-refractivity contribution in [1.29, 1.82) is 0 Å². The third-order valence-corrected chi connectivity index (χ3v) is 7.25. The quantitative estimate of drug-likeness (QED) is 0.582. The van der Waals surface area contributed by atoms with Crippen molar-refractivity contribution in [3.63, 3.8) is 0 Å². The zero-order chi connectivity index (χ0) is 22.7. The Morgan fingerprint density at radius 3 is 2.47 bits per heavy atom. The molecule has 0 radical (unpaired) electrons. The van der Waals surface area contributed by atoms with Gasteiger partial charge in [0.15, 0.2) is 0 Å². The van der Waals surface area contributed by atoms with Crippen LogP contribution in [0.2, 0.25) is 0 Å². The van der Waals surface area contributed by atoms with Gasteiger partial charge in [-0.05, 0) is 76.4 Å². The molecule has 0 aliphatic carbocycles. The first-order valence-corrected chi connectivity index (χ1v) is 12.3. The predicted molar refractivity (Wildman–Crippen MR) is 128 cm³/mol. The number of nitrogens with one attached hydrogen (secondary N) is 1. The monoisotopic (exact) mass is 439 g/mol. The molecule has 2 aliphatic heterocycles. The molecule has 1 amide bonds. The largest absolute Gasteiger partial charge is 0.396 e. The van der Waals surface area contributed by atoms with E-state index in [-0.39, 0.29) is 35.7 Å². The van der Waals surface area contributed by atoms with Gasteiger partial charge in [-0.25, -0.2) is 0 Å². The Hall–Kier alpha value is -2.18. The number of aliphatic hydroxyl groups excluding tert-OH is 1. The number of nitrogens with zero attached hydrogens (tertiary/aromatic N) is 2. The zero-order valence-electron chi connectivity index (χ0n) is 19.4. The molecule has 2 fully saturated rings. The highest BCUT2D eigenvalue weighted by molar-refractivity contribution is 5.97. The van der Waals surface area contributed by atoms with Crippen molar-refractivity contribution in [2.45, 2.75) is 89.4 Å². The number of benzene rings is 1. The average Bonchev–Trinajstić information content (AvgIpc) is 3.00. The van der Waals surface area contributed by atoms with Crippen LogP contribution in [0, 0.1) is 0 Å². The lowest BCUT2D eigenvalue weighted by Crippen LogP contribution is -2.51. The Balaban J connectivity index is 1.43. The number of carbonyl (C=O) groups excluding carboxylic acids is 1. The lowest BCUT2D eigenvalue weighted by Gasteiger charge is -2.39. The number of hydrogen-bond donors (Lipinski definition) is 2. The van der Waals surface area contributed by atoms with Gasteiger partial charge in [-0.15, -0.1) is 0 Å². The van der Waals surface area contributed by atoms with Gasteiger partial charge >= 0.3 is 0 Å². The van der Waals surface area contributed by atoms with Crippen molar-refractivity contribution >= 4 is 16.8 Å². The summed E-state index contributed by atoms with van der Waals surface area (Å²) >= 11 is 0. The van der Waals surface area contributed by atoms with Crippen molar-refractivity contribution < 1.29 is 9.90 Å². The number of rotatable bonds is 9. The van der Waals surface area contributed by atoms with Gasteiger partial charge in [0.2, 0.25) is 0 Å². The number of carbonyl (C=O) groups is 1. The second-order valence-corrected chi connectivity index (χ2v) is 9.79. The minimum absolute atomic E-state index is 0.0170. The molecular weight excluding hydrogens is 402 g/mol. The van der Waals surface area contributed by atoms with Crippen molar-refractivity contribution in [3.8, 4) is 0 Å². The van der Waals surface area contributed by atoms with E-state index in [1.54, 1.807) is 10.6 Å². The zero-order valence-corrected chi connectivity index (χ0v) is 19.4. The van der Waals surface area contributed by atoms with Gasteiger partial charge in [-0.2, -0.15) is 0 Å². The Morgan fingerprint density at radius 1 is 1.09 bits per heavy atom. The van der Waals surface area contributed by atoms with Crippen molar-refractivity contribution in [3.05, 3.63) is 46.2 Å². The summed E-state index contributed by atoms with van der Waals surface area (Å²) < 4.78 is 1.73. The molecule has 3 atom stereocenters. The predicted octanol–water partition coefficient (Wildman–Crippen LogP) is 3.86. The van der Waals surface area contributed by atoms with Crippen LogP contribution in [0.4, 0.5) is 0 Å². The van der Waals surface area contributed by atoms with Gasteiger partial charge in [-0.1, -0.05) is 31.0 Å². The third-order valence-electron chi connectivity index (χ3n) is 7.25. The van der Waals surface area contributed by atoms with Crippen molar-refractivity contribution in [1.82, 2.24) is 14.8 Å². The second kappa shape index (κ2) is 10.2. The molecular formula is C26H37N3O3. The molecule has 3 heterocycles. The van der Waals surface area contributed by atoms with Gasteiger partial charge in [0, 0.05) is 30.8 Å². The molecule has 2 saturated heterocycles. The minimum Gasteiger partial charge on any atom is -0.396 e. The smallest absolute Gasteiger partial charge is 0.264 e. The Bertz CT molecular complexity index is 985. The third kappa shape index (κ3) is 4.76. The molecule has 6 nitrogen and oxygen atoms in total. The highest BCUT2D eigenvalue weighted by Crippen LogP contribution is 2.36. The second-order valence-electron chi connectivity index (χ2n) is 9.79. The molecule has 32 heavy (non-hydrogen) atoms. The molecule has 0 spiro atoms. The van der Waals surface area contributed by atoms with Gasteiger partial charge in [0.05, 0.1) is 5.52 Å². The van der Waals surface area contributed by atoms with Crippen LogP contribution in [0.5, 0.6) is 0 Å². The molecule has 2 bridgehead atoms. The number of unbranched alkanes of at least 4 members (excludes halogenated alkanes) is 3. The van der Waals surface area contributed by atoms with Gasteiger partial charge in [-0.3, -0.25) is 14.5 Å². The summed E-state index contributed by atoms with van der Waals surface area (Å²) in [6, 6.07) is 10.7. The van der Waals surface area contributed by atoms with E-state index >= 15 is 0 Å². The number of amides is 1. The SMILES string of the molecule is CC(C)n1c(=O)c(C(=O)NC2C[C@H]3CC[C@@H](C2)N3CCCCCCO)cc2ccccc21. The van der Waals surface area contributed by atoms with E-state index in [4.69, 9.17) is 5.11 Å². The van der Waals surface area contributed by atoms with Crippen LogP contribution in [0.3, 0.4) is 0 Å². The van der Waals surface area contributed by atoms with Crippen LogP contribution >= 0.6 is 0 Å². The highest BCUT2D eigenvalue weighted by Gasteiger charge is 2.40. The number of fused-ring (bicyclic) bond motifs is 3. The molecule has 2 aromatic rings. The summed E-state index contributed by atoms with van der Waals surface area (Å²) in [5.41, 5.74) is 0.907. The van der Waals surface area contributed by atoms with E-state index in [2.05, 4.69) is 10.2 Å². The molecule has 1 unspecified atom stereocenters. The van der Waals surface area contributed by atoms with Crippen LogP contribution in [-0.2, 0) is 0 Å². The van der Waals surface area contributed by atoms with Crippen LogP contribution in [-0.4, -0.2) is 51.8 Å². The molecule has 1 aromatic carbocycles. The van der Waals surface area contributed by atoms with E-state index in [0.29, 0.717) is 12.1 Å². The normalized spacial score (nSPS) is 23.2. The van der Waals surface area contributed by atoms with Crippen LogP contribution in [0.15, 0.2) is 35.1 Å². The fraction of sp³-hybridized carbons (Fsp3) is 0.615. The number of pyridine rings is 1. The summed E-state index contributed by atoms with van der Waals surface area (Å²) in [4.78, 5) is 29.0. The van der Waals surface area contributed by atoms with E-state index in [9.17, 15) is 9.59 Å². The summed E-state index contributed by atoms with van der Waals surface area (Å²) in [6.45, 7) is 5.36. The van der Waals surface area contributed by atoms with Crippen LogP contribution in [0.1, 0.15) is 81.6 Å². The Kier molecular flexibility index (Phi) is 7.31. The number of hydrogen-bond acceptors (Lipinski definition) is 4. The van der Waals surface area contributed by atoms with Gasteiger partial charge in [0.25, 0.3) is 11.5 Å². The summed E-state index contributed by atoms with van der Waals surface area (Å²) in [5, 5.41) is 13.1. The Morgan fingerprint density at radius 2 is 1.78 bits per heavy atom. The topological polar surface area (TPSA) is 74.6 Å². The minimum atomic E-state index is -0.239. The first-order chi connectivity index (χ1) is 15.5. The molecule has 2 aliphatic rings. The van der Waals surface area contributed by atoms with E-state index in [0.717, 1.165) is 43.1 Å². The van der Waals surface area contributed by atoms with Gasteiger partial charge in [0.1, 0.15) is 5.56 Å². The van der Waals surface area contributed by atoms with E-state index in [1.165, 1.54) is 25.7 Å². The number of para-hydroxylation sites is 1. The molecule has 174 valence electrons. The fourth-order valence-electron chi connectivity index (χ4n) is 5.74. The maximum atomic E-state index is 13.2. The van der Waals surface area contributed by atoms with E-state index < -0.39 is 0 Å². The highest BCUT2D eigenvalue weighted by atomic mass is 16.3. The van der Waals surface area contributed by atoms with Gasteiger partial charge < -0.3 is 15.0 Å². The summed E-state index contributed by atoms with van der Waals surface area (Å²) in [5.74, 6) is -0.239. The molecule has 0 saturated carbocycles. The number of piperidine rings is 1. The average molecular weight is 440 g/mol. The maximum Gasteiger partial charge on any atom is 0.264 e. The molecule has 6 heteroatoms. The number of aliphatic hydroxyl groups is 1. The standard InChI is InChI=1S/C26H37N3O3/c1-18(2)29-24-10-6-5-9-19(24)15-23(26(29)32)25(31)27-20-16-21-11-12-22(17-20)28(21)13-7-3-4-8-14-30/h5-6,9-10,15,18,20-22,30H,3-4,7-8,11-14,16-17H2,1-2H3,(H,27,31)/t20?,21-,22+. The summed E-state index contributed by atoms with van der Waals surface area (Å²) in [6.07, 6.45) is 8.66. The lowest BCUT2D eigenvalue weighted by atomic mass is 9.96. The Labute approximate surface area is 190 Å². The number of aromatic nitrogens is 1. The first-order valence-electron chi connectivity index (χ1n) is 12.3.